The average molecular weight is 230 g/mol. The Morgan fingerprint density at radius 3 is 2.82 bits per heavy atom. The van der Waals surface area contributed by atoms with Crippen molar-refractivity contribution in [3.8, 4) is 0 Å². The molecule has 3 nitrogen and oxygen atoms in total. The number of fused-ring (bicyclic) bond motifs is 1. The molecule has 0 fully saturated rings. The van der Waals surface area contributed by atoms with Crippen LogP contribution in [0.15, 0.2) is 30.3 Å². The molecule has 1 aromatic carbocycles. The number of nitrogens with one attached hydrogen (secondary N) is 1. The predicted octanol–water partition coefficient (Wildman–Crippen LogP) is 3.04. The zero-order chi connectivity index (χ0) is 12.3. The van der Waals surface area contributed by atoms with Gasteiger partial charge in [-0.3, -0.25) is 4.79 Å². The molecular weight excluding hydrogens is 212 g/mol. The molecule has 0 radical (unpaired) electrons. The summed E-state index contributed by atoms with van der Waals surface area (Å²) in [6.45, 7) is 2.94. The van der Waals surface area contributed by atoms with Gasteiger partial charge in [0.1, 0.15) is 5.69 Å². The first kappa shape index (κ1) is 11.7. The largest absolute Gasteiger partial charge is 0.351 e. The molecule has 0 unspecified atom stereocenters. The fourth-order valence-electron chi connectivity index (χ4n) is 1.89. The van der Waals surface area contributed by atoms with Crippen LogP contribution in [0.3, 0.4) is 0 Å². The van der Waals surface area contributed by atoms with Gasteiger partial charge in [-0.05, 0) is 18.6 Å². The normalized spacial score (nSPS) is 10.7. The molecule has 0 aliphatic rings. The summed E-state index contributed by atoms with van der Waals surface area (Å²) >= 11 is 0. The average Bonchev–Trinajstić information content (AvgIpc) is 2.78. The summed E-state index contributed by atoms with van der Waals surface area (Å²) < 4.78 is 0. The van der Waals surface area contributed by atoms with Crippen molar-refractivity contribution >= 4 is 16.8 Å². The van der Waals surface area contributed by atoms with E-state index < -0.39 is 0 Å². The molecule has 0 saturated heterocycles. The Balaban J connectivity index is 2.18. The highest BCUT2D eigenvalue weighted by atomic mass is 16.2. The van der Waals surface area contributed by atoms with Crippen molar-refractivity contribution in [3.63, 3.8) is 0 Å². The SMILES string of the molecule is CCCCN(C)C(=O)c1cc2ccccc2[nH]1. The Hall–Kier alpha value is -1.77. The van der Waals surface area contributed by atoms with Crippen LogP contribution in [-0.4, -0.2) is 29.4 Å². The maximum Gasteiger partial charge on any atom is 0.270 e. The van der Waals surface area contributed by atoms with Crippen LogP contribution in [0.2, 0.25) is 0 Å². The number of benzene rings is 1. The van der Waals surface area contributed by atoms with E-state index in [-0.39, 0.29) is 5.91 Å². The highest BCUT2D eigenvalue weighted by molar-refractivity contribution is 5.97. The first-order valence-corrected chi connectivity index (χ1v) is 6.05. The monoisotopic (exact) mass is 230 g/mol. The molecule has 17 heavy (non-hydrogen) atoms. The highest BCUT2D eigenvalue weighted by Crippen LogP contribution is 2.15. The molecule has 1 heterocycles. The van der Waals surface area contributed by atoms with Crippen molar-refractivity contribution in [2.24, 2.45) is 0 Å². The van der Waals surface area contributed by atoms with Crippen molar-refractivity contribution in [2.45, 2.75) is 19.8 Å². The van der Waals surface area contributed by atoms with Crippen molar-refractivity contribution in [3.05, 3.63) is 36.0 Å². The smallest absolute Gasteiger partial charge is 0.270 e. The fourth-order valence-corrected chi connectivity index (χ4v) is 1.89. The second-order valence-corrected chi connectivity index (χ2v) is 4.35. The Labute approximate surface area is 101 Å². The number of nitrogens with zero attached hydrogens (tertiary/aromatic N) is 1. The van der Waals surface area contributed by atoms with Crippen LogP contribution in [0.4, 0.5) is 0 Å². The van der Waals surface area contributed by atoms with Gasteiger partial charge in [-0.25, -0.2) is 0 Å². The van der Waals surface area contributed by atoms with Gasteiger partial charge in [0.25, 0.3) is 5.91 Å². The molecule has 0 aliphatic heterocycles. The van der Waals surface area contributed by atoms with E-state index >= 15 is 0 Å². The van der Waals surface area contributed by atoms with Gasteiger partial charge in [0.15, 0.2) is 0 Å². The number of carbonyl (C=O) groups is 1. The summed E-state index contributed by atoms with van der Waals surface area (Å²) in [7, 11) is 1.85. The number of rotatable bonds is 4. The lowest BCUT2D eigenvalue weighted by atomic mass is 10.2. The van der Waals surface area contributed by atoms with Crippen LogP contribution in [0, 0.1) is 0 Å². The van der Waals surface area contributed by atoms with E-state index in [0.29, 0.717) is 5.69 Å². The van der Waals surface area contributed by atoms with E-state index in [1.807, 2.05) is 37.4 Å². The molecular formula is C14H18N2O. The van der Waals surface area contributed by atoms with E-state index in [0.717, 1.165) is 30.3 Å². The quantitative estimate of drug-likeness (QED) is 0.861. The summed E-state index contributed by atoms with van der Waals surface area (Å²) in [5.41, 5.74) is 1.68. The maximum absolute atomic E-state index is 12.1. The lowest BCUT2D eigenvalue weighted by Gasteiger charge is -2.15. The summed E-state index contributed by atoms with van der Waals surface area (Å²) in [5, 5.41) is 1.08. The number of amides is 1. The third kappa shape index (κ3) is 2.49. The fraction of sp³-hybridized carbons (Fsp3) is 0.357. The standard InChI is InChI=1S/C14H18N2O/c1-3-4-9-16(2)14(17)13-10-11-7-5-6-8-12(11)15-13/h5-8,10,15H,3-4,9H2,1-2H3. The maximum atomic E-state index is 12.1. The number of aromatic amines is 1. The minimum absolute atomic E-state index is 0.0645. The zero-order valence-corrected chi connectivity index (χ0v) is 10.4. The first-order chi connectivity index (χ1) is 8.22. The Bertz CT molecular complexity index is 483. The molecule has 0 saturated carbocycles. The van der Waals surface area contributed by atoms with Crippen LogP contribution in [-0.2, 0) is 0 Å². The summed E-state index contributed by atoms with van der Waals surface area (Å²) in [6, 6.07) is 9.85. The number of para-hydroxylation sites is 1. The number of hydrogen-bond acceptors (Lipinski definition) is 1. The van der Waals surface area contributed by atoms with Gasteiger partial charge >= 0.3 is 0 Å². The third-order valence-electron chi connectivity index (χ3n) is 2.95. The Morgan fingerprint density at radius 2 is 2.12 bits per heavy atom. The number of carbonyl (C=O) groups excluding carboxylic acids is 1. The molecule has 2 rings (SSSR count). The minimum atomic E-state index is 0.0645. The van der Waals surface area contributed by atoms with Crippen LogP contribution in [0.5, 0.6) is 0 Å². The second kappa shape index (κ2) is 5.04. The highest BCUT2D eigenvalue weighted by Gasteiger charge is 2.13. The molecule has 1 N–H and O–H groups in total. The third-order valence-corrected chi connectivity index (χ3v) is 2.95. The van der Waals surface area contributed by atoms with Gasteiger partial charge in [0.05, 0.1) is 0 Å². The van der Waals surface area contributed by atoms with Gasteiger partial charge in [-0.15, -0.1) is 0 Å². The Morgan fingerprint density at radius 1 is 1.35 bits per heavy atom. The van der Waals surface area contributed by atoms with E-state index in [9.17, 15) is 4.79 Å². The molecule has 90 valence electrons. The molecule has 0 atom stereocenters. The molecule has 2 aromatic rings. The molecule has 1 aromatic heterocycles. The van der Waals surface area contributed by atoms with Gasteiger partial charge in [0, 0.05) is 24.5 Å². The summed E-state index contributed by atoms with van der Waals surface area (Å²) in [5.74, 6) is 0.0645. The van der Waals surface area contributed by atoms with Crippen LogP contribution in [0.1, 0.15) is 30.3 Å². The molecule has 0 aliphatic carbocycles. The van der Waals surface area contributed by atoms with Gasteiger partial charge < -0.3 is 9.88 Å². The van der Waals surface area contributed by atoms with Crippen molar-refractivity contribution in [2.75, 3.05) is 13.6 Å². The topological polar surface area (TPSA) is 36.1 Å². The summed E-state index contributed by atoms with van der Waals surface area (Å²) in [4.78, 5) is 17.0. The van der Waals surface area contributed by atoms with E-state index in [1.165, 1.54) is 0 Å². The predicted molar refractivity (Wildman–Crippen MR) is 70.2 cm³/mol. The van der Waals surface area contributed by atoms with E-state index in [2.05, 4.69) is 11.9 Å². The van der Waals surface area contributed by atoms with Crippen LogP contribution in [0.25, 0.3) is 10.9 Å². The molecule has 0 bridgehead atoms. The van der Waals surface area contributed by atoms with E-state index in [1.54, 1.807) is 4.90 Å². The molecule has 1 amide bonds. The number of unbranched alkanes of at least 4 members (excludes halogenated alkanes) is 1. The van der Waals surface area contributed by atoms with Crippen molar-refractivity contribution in [1.82, 2.24) is 9.88 Å². The van der Waals surface area contributed by atoms with Crippen molar-refractivity contribution < 1.29 is 4.79 Å². The molecule has 0 spiro atoms. The second-order valence-electron chi connectivity index (χ2n) is 4.35. The lowest BCUT2D eigenvalue weighted by Crippen LogP contribution is -2.27. The molecule has 3 heteroatoms. The minimum Gasteiger partial charge on any atom is -0.351 e. The van der Waals surface area contributed by atoms with Gasteiger partial charge in [0.2, 0.25) is 0 Å². The van der Waals surface area contributed by atoms with Crippen LogP contribution < -0.4 is 0 Å². The van der Waals surface area contributed by atoms with Crippen LogP contribution >= 0.6 is 0 Å². The zero-order valence-electron chi connectivity index (χ0n) is 10.4. The van der Waals surface area contributed by atoms with E-state index in [4.69, 9.17) is 0 Å². The van der Waals surface area contributed by atoms with Gasteiger partial charge in [-0.1, -0.05) is 31.5 Å². The van der Waals surface area contributed by atoms with Gasteiger partial charge in [-0.2, -0.15) is 0 Å². The first-order valence-electron chi connectivity index (χ1n) is 6.05. The number of aromatic nitrogens is 1. The number of hydrogen-bond donors (Lipinski definition) is 1. The summed E-state index contributed by atoms with van der Waals surface area (Å²) in [6.07, 6.45) is 2.15. The van der Waals surface area contributed by atoms with Crippen molar-refractivity contribution in [1.29, 1.82) is 0 Å². The Kier molecular flexibility index (Phi) is 3.47. The lowest BCUT2D eigenvalue weighted by molar-refractivity contribution is 0.0788. The number of H-pyrrole nitrogens is 1.